The lowest BCUT2D eigenvalue weighted by Gasteiger charge is -2.28. The molecule has 1 N–H and O–H groups in total. The molecule has 1 aliphatic rings. The van der Waals surface area contributed by atoms with E-state index in [4.69, 9.17) is 0 Å². The molecule has 0 bridgehead atoms. The summed E-state index contributed by atoms with van der Waals surface area (Å²) in [6.45, 7) is 5.07. The molecule has 1 unspecified atom stereocenters. The Morgan fingerprint density at radius 1 is 1.30 bits per heavy atom. The van der Waals surface area contributed by atoms with Crippen molar-refractivity contribution in [3.8, 4) is 0 Å². The Bertz CT molecular complexity index is 489. The number of hydrogen-bond donors (Lipinski definition) is 1. The van der Waals surface area contributed by atoms with E-state index in [1.54, 1.807) is 4.90 Å². The van der Waals surface area contributed by atoms with Gasteiger partial charge in [-0.15, -0.1) is 0 Å². The average Bonchev–Trinajstić information content (AvgIpc) is 2.80. The average molecular weight is 282 g/mol. The van der Waals surface area contributed by atoms with E-state index in [1.165, 1.54) is 6.07 Å². The highest BCUT2D eigenvalue weighted by atomic mass is 19.2. The maximum absolute atomic E-state index is 13.3. The smallest absolute Gasteiger partial charge is 0.238 e. The van der Waals surface area contributed by atoms with Gasteiger partial charge in [-0.2, -0.15) is 0 Å². The van der Waals surface area contributed by atoms with Gasteiger partial charge >= 0.3 is 0 Å². The predicted molar refractivity (Wildman–Crippen MR) is 72.9 cm³/mol. The van der Waals surface area contributed by atoms with Crippen LogP contribution in [0.3, 0.4) is 0 Å². The van der Waals surface area contributed by atoms with Crippen LogP contribution in [0.2, 0.25) is 0 Å². The molecule has 2 rings (SSSR count). The molecule has 20 heavy (non-hydrogen) atoms. The molecule has 0 radical (unpaired) electrons. The number of nitrogens with one attached hydrogen (secondary N) is 1. The lowest BCUT2D eigenvalue weighted by molar-refractivity contribution is -0.128. The van der Waals surface area contributed by atoms with Gasteiger partial charge in [0.1, 0.15) is 6.17 Å². The summed E-state index contributed by atoms with van der Waals surface area (Å²) in [5.41, 5.74) is 0.584. The van der Waals surface area contributed by atoms with Gasteiger partial charge in [0, 0.05) is 6.54 Å². The third kappa shape index (κ3) is 2.98. The fourth-order valence-corrected chi connectivity index (χ4v) is 2.55. The second-order valence-corrected chi connectivity index (χ2v) is 5.19. The molecule has 1 aliphatic heterocycles. The van der Waals surface area contributed by atoms with Gasteiger partial charge in [0.2, 0.25) is 5.91 Å². The van der Waals surface area contributed by atoms with Crippen LogP contribution in [0.25, 0.3) is 0 Å². The number of nitrogens with zero attached hydrogens (tertiary/aromatic N) is 1. The number of hydrogen-bond acceptors (Lipinski definition) is 2. The van der Waals surface area contributed by atoms with Gasteiger partial charge in [-0.05, 0) is 23.6 Å². The Balaban J connectivity index is 2.20. The van der Waals surface area contributed by atoms with Crippen molar-refractivity contribution in [2.75, 3.05) is 13.1 Å². The summed E-state index contributed by atoms with van der Waals surface area (Å²) in [5, 5.41) is 3.06. The molecule has 0 saturated carbocycles. The van der Waals surface area contributed by atoms with Gasteiger partial charge in [-0.3, -0.25) is 10.1 Å². The first-order valence-corrected chi connectivity index (χ1v) is 7.04. The van der Waals surface area contributed by atoms with Gasteiger partial charge < -0.3 is 4.90 Å². The molecule has 1 amide bonds. The monoisotopic (exact) mass is 282 g/mol. The van der Waals surface area contributed by atoms with Crippen LogP contribution >= 0.6 is 0 Å². The number of carbonyl (C=O) groups excluding carboxylic acids is 1. The molecular weight excluding hydrogens is 262 g/mol. The minimum Gasteiger partial charge on any atom is -0.322 e. The largest absolute Gasteiger partial charge is 0.322 e. The maximum atomic E-state index is 13.3. The van der Waals surface area contributed by atoms with Gasteiger partial charge in [0.25, 0.3) is 0 Å². The highest BCUT2D eigenvalue weighted by Crippen LogP contribution is 2.26. The first-order valence-electron chi connectivity index (χ1n) is 7.04. The minimum absolute atomic E-state index is 0.00614. The molecular formula is C15H20F2N2O. The van der Waals surface area contributed by atoms with Crippen molar-refractivity contribution in [1.82, 2.24) is 10.2 Å². The third-order valence-electron chi connectivity index (χ3n) is 3.95. The maximum Gasteiger partial charge on any atom is 0.238 e. The molecule has 0 spiro atoms. The Labute approximate surface area is 118 Å². The van der Waals surface area contributed by atoms with E-state index in [9.17, 15) is 13.6 Å². The lowest BCUT2D eigenvalue weighted by Crippen LogP contribution is -2.34. The summed E-state index contributed by atoms with van der Waals surface area (Å²) in [5.74, 6) is -1.32. The van der Waals surface area contributed by atoms with E-state index in [0.29, 0.717) is 18.0 Å². The summed E-state index contributed by atoms with van der Waals surface area (Å²) in [6.07, 6.45) is 1.62. The fourth-order valence-electron chi connectivity index (χ4n) is 2.55. The molecule has 1 fully saturated rings. The zero-order valence-electron chi connectivity index (χ0n) is 11.8. The number of amides is 1. The van der Waals surface area contributed by atoms with Crippen molar-refractivity contribution in [1.29, 1.82) is 0 Å². The molecule has 0 aliphatic carbocycles. The summed E-state index contributed by atoms with van der Waals surface area (Å²) < 4.78 is 26.3. The van der Waals surface area contributed by atoms with Crippen LogP contribution in [0.5, 0.6) is 0 Å². The van der Waals surface area contributed by atoms with Gasteiger partial charge in [0.15, 0.2) is 11.6 Å². The van der Waals surface area contributed by atoms with Crippen LogP contribution in [0, 0.1) is 17.6 Å². The first kappa shape index (κ1) is 14.9. The van der Waals surface area contributed by atoms with Crippen LogP contribution < -0.4 is 5.32 Å². The van der Waals surface area contributed by atoms with Crippen molar-refractivity contribution >= 4 is 5.91 Å². The number of halogens is 2. The van der Waals surface area contributed by atoms with Crippen molar-refractivity contribution < 1.29 is 13.6 Å². The van der Waals surface area contributed by atoms with Crippen LogP contribution in [-0.4, -0.2) is 23.9 Å². The topological polar surface area (TPSA) is 32.3 Å². The van der Waals surface area contributed by atoms with Crippen LogP contribution in [0.15, 0.2) is 18.2 Å². The Morgan fingerprint density at radius 3 is 2.60 bits per heavy atom. The normalized spacial score (nSPS) is 19.1. The molecule has 1 aromatic carbocycles. The summed E-state index contributed by atoms with van der Waals surface area (Å²) in [7, 11) is 0. The van der Waals surface area contributed by atoms with E-state index in [1.807, 2.05) is 0 Å². The molecule has 1 heterocycles. The van der Waals surface area contributed by atoms with Crippen molar-refractivity contribution in [2.45, 2.75) is 32.9 Å². The van der Waals surface area contributed by atoms with Crippen LogP contribution in [-0.2, 0) is 4.79 Å². The van der Waals surface area contributed by atoms with E-state index in [-0.39, 0.29) is 18.6 Å². The van der Waals surface area contributed by atoms with Gasteiger partial charge in [0.05, 0.1) is 6.54 Å². The van der Waals surface area contributed by atoms with E-state index in [0.717, 1.165) is 25.0 Å². The second-order valence-electron chi connectivity index (χ2n) is 5.19. The Kier molecular flexibility index (Phi) is 4.70. The minimum atomic E-state index is -0.883. The molecule has 1 aromatic rings. The molecule has 0 aromatic heterocycles. The highest BCUT2D eigenvalue weighted by Gasteiger charge is 2.32. The van der Waals surface area contributed by atoms with Crippen molar-refractivity contribution in [3.05, 3.63) is 35.4 Å². The standard InChI is InChI=1S/C15H20F2N2O/c1-3-10(4-2)9-19-14(20)8-18-15(19)11-5-6-12(16)13(17)7-11/h5-7,10,15,18H,3-4,8-9H2,1-2H3. The quantitative estimate of drug-likeness (QED) is 0.900. The summed E-state index contributed by atoms with van der Waals surface area (Å²) >= 11 is 0. The number of carbonyl (C=O) groups is 1. The second kappa shape index (κ2) is 6.31. The number of benzene rings is 1. The SMILES string of the molecule is CCC(CC)CN1C(=O)CNC1c1ccc(F)c(F)c1. The predicted octanol–water partition coefficient (Wildman–Crippen LogP) is 2.83. The van der Waals surface area contributed by atoms with E-state index in [2.05, 4.69) is 19.2 Å². The number of rotatable bonds is 5. The lowest BCUT2D eigenvalue weighted by atomic mass is 10.0. The van der Waals surface area contributed by atoms with E-state index < -0.39 is 11.6 Å². The summed E-state index contributed by atoms with van der Waals surface area (Å²) in [6, 6.07) is 3.78. The first-order chi connectivity index (χ1) is 9.56. The Morgan fingerprint density at radius 2 is 2.00 bits per heavy atom. The van der Waals surface area contributed by atoms with Crippen LogP contribution in [0.1, 0.15) is 38.4 Å². The molecule has 1 atom stereocenters. The zero-order valence-corrected chi connectivity index (χ0v) is 11.8. The van der Waals surface area contributed by atoms with Crippen LogP contribution in [0.4, 0.5) is 8.78 Å². The molecule has 5 heteroatoms. The van der Waals surface area contributed by atoms with Gasteiger partial charge in [-0.25, -0.2) is 8.78 Å². The third-order valence-corrected chi connectivity index (χ3v) is 3.95. The zero-order chi connectivity index (χ0) is 14.7. The Hall–Kier alpha value is -1.49. The molecule has 1 saturated heterocycles. The van der Waals surface area contributed by atoms with Crippen molar-refractivity contribution in [2.24, 2.45) is 5.92 Å². The van der Waals surface area contributed by atoms with E-state index >= 15 is 0 Å². The molecule has 110 valence electrons. The summed E-state index contributed by atoms with van der Waals surface area (Å²) in [4.78, 5) is 13.7. The van der Waals surface area contributed by atoms with Crippen molar-refractivity contribution in [3.63, 3.8) is 0 Å². The highest BCUT2D eigenvalue weighted by molar-refractivity contribution is 5.81. The fraction of sp³-hybridized carbons (Fsp3) is 0.533. The molecule has 3 nitrogen and oxygen atoms in total. The van der Waals surface area contributed by atoms with Gasteiger partial charge in [-0.1, -0.05) is 32.8 Å².